The van der Waals surface area contributed by atoms with Gasteiger partial charge in [-0.3, -0.25) is 9.78 Å². The second kappa shape index (κ2) is 9.93. The first-order valence-corrected chi connectivity index (χ1v) is 12.9. The molecule has 2 fully saturated rings. The van der Waals surface area contributed by atoms with Gasteiger partial charge in [0.2, 0.25) is 17.7 Å². The minimum atomic E-state index is -0.531. The van der Waals surface area contributed by atoms with Gasteiger partial charge in [-0.05, 0) is 43.4 Å². The van der Waals surface area contributed by atoms with Crippen LogP contribution < -0.4 is 21.8 Å². The number of benzene rings is 1. The van der Waals surface area contributed by atoms with Gasteiger partial charge in [0.25, 0.3) is 5.62 Å². The van der Waals surface area contributed by atoms with Gasteiger partial charge in [0.05, 0.1) is 24.7 Å². The van der Waals surface area contributed by atoms with Crippen molar-refractivity contribution in [1.82, 2.24) is 34.4 Å². The topological polar surface area (TPSA) is 157 Å². The summed E-state index contributed by atoms with van der Waals surface area (Å²) in [6.45, 7) is 1.51. The quantitative estimate of drug-likeness (QED) is 0.277. The number of carbonyl (C=O) groups is 1. The molecule has 4 N–H and O–H groups in total. The summed E-state index contributed by atoms with van der Waals surface area (Å²) in [5, 5.41) is 18.8. The van der Waals surface area contributed by atoms with Gasteiger partial charge in [0.1, 0.15) is 5.69 Å². The van der Waals surface area contributed by atoms with Crippen molar-refractivity contribution in [2.24, 2.45) is 4.99 Å². The SMILES string of the molecule is O=C(CC(Nc1nc(=NC2CC2)n2nc/c(=C\c3[nH]c(=O)[nH]c3O)c2n1)c1ccccc1Cl)N1CCCC1. The van der Waals surface area contributed by atoms with Gasteiger partial charge < -0.3 is 20.3 Å². The highest BCUT2D eigenvalue weighted by Gasteiger charge is 2.26. The second-order valence-corrected chi connectivity index (χ2v) is 9.95. The van der Waals surface area contributed by atoms with Crippen LogP contribution in [0.4, 0.5) is 5.95 Å². The number of aromatic hydroxyl groups is 1. The number of H-pyrrole nitrogens is 2. The number of hydrogen-bond acceptors (Lipinski definition) is 8. The molecular formula is C25H26ClN9O3. The van der Waals surface area contributed by atoms with E-state index in [1.807, 2.05) is 23.1 Å². The van der Waals surface area contributed by atoms with Gasteiger partial charge in [-0.25, -0.2) is 9.79 Å². The fourth-order valence-electron chi connectivity index (χ4n) is 4.57. The molecule has 1 saturated carbocycles. The molecule has 196 valence electrons. The summed E-state index contributed by atoms with van der Waals surface area (Å²) in [5.74, 6) is 0.0102. The van der Waals surface area contributed by atoms with Crippen LogP contribution in [0.3, 0.4) is 0 Å². The van der Waals surface area contributed by atoms with Crippen molar-refractivity contribution < 1.29 is 9.90 Å². The van der Waals surface area contributed by atoms with Crippen LogP contribution >= 0.6 is 11.6 Å². The smallest absolute Gasteiger partial charge is 0.326 e. The van der Waals surface area contributed by atoms with Crippen molar-refractivity contribution in [2.75, 3.05) is 18.4 Å². The third kappa shape index (κ3) is 4.99. The number of nitrogens with zero attached hydrogens (tertiary/aromatic N) is 6. The van der Waals surface area contributed by atoms with Gasteiger partial charge in [-0.1, -0.05) is 29.8 Å². The van der Waals surface area contributed by atoms with Crippen LogP contribution in [-0.2, 0) is 4.79 Å². The van der Waals surface area contributed by atoms with Crippen molar-refractivity contribution in [1.29, 1.82) is 0 Å². The van der Waals surface area contributed by atoms with Gasteiger partial charge in [-0.15, -0.1) is 0 Å². The molecule has 1 amide bonds. The van der Waals surface area contributed by atoms with Crippen molar-refractivity contribution >= 4 is 35.2 Å². The first-order valence-electron chi connectivity index (χ1n) is 12.6. The van der Waals surface area contributed by atoms with Gasteiger partial charge in [-0.2, -0.15) is 19.6 Å². The predicted octanol–water partition coefficient (Wildman–Crippen LogP) is 1.28. The molecule has 4 aromatic rings. The number of nitrogens with one attached hydrogen (secondary N) is 3. The molecule has 0 radical (unpaired) electrons. The summed E-state index contributed by atoms with van der Waals surface area (Å²) >= 11 is 6.55. The van der Waals surface area contributed by atoms with Crippen LogP contribution in [0.2, 0.25) is 5.02 Å². The highest BCUT2D eigenvalue weighted by atomic mass is 35.5. The molecule has 3 aromatic heterocycles. The number of fused-ring (bicyclic) bond motifs is 1. The Morgan fingerprint density at radius 1 is 1.24 bits per heavy atom. The number of aromatic nitrogens is 6. The van der Waals surface area contributed by atoms with E-state index in [0.717, 1.165) is 44.3 Å². The molecular weight excluding hydrogens is 510 g/mol. The van der Waals surface area contributed by atoms with Crippen molar-refractivity contribution in [3.05, 3.63) is 68.1 Å². The fraction of sp³-hybridized carbons (Fsp3) is 0.360. The number of amides is 1. The summed E-state index contributed by atoms with van der Waals surface area (Å²) in [5.41, 5.74) is 1.23. The molecule has 1 atom stereocenters. The summed E-state index contributed by atoms with van der Waals surface area (Å²) in [6.07, 6.45) is 7.26. The molecule has 1 aromatic carbocycles. The third-order valence-electron chi connectivity index (χ3n) is 6.68. The summed E-state index contributed by atoms with van der Waals surface area (Å²) in [7, 11) is 0. The van der Waals surface area contributed by atoms with E-state index in [0.29, 0.717) is 21.5 Å². The Bertz CT molecular complexity index is 1680. The highest BCUT2D eigenvalue weighted by Crippen LogP contribution is 2.29. The first-order chi connectivity index (χ1) is 18.4. The number of aromatic amines is 2. The third-order valence-corrected chi connectivity index (χ3v) is 7.02. The lowest BCUT2D eigenvalue weighted by molar-refractivity contribution is -0.130. The Morgan fingerprint density at radius 3 is 2.74 bits per heavy atom. The van der Waals surface area contributed by atoms with E-state index < -0.39 is 11.7 Å². The number of imidazole rings is 1. The lowest BCUT2D eigenvalue weighted by Crippen LogP contribution is -2.31. The number of anilines is 1. The van der Waals surface area contributed by atoms with Crippen molar-refractivity contribution in [2.45, 2.75) is 44.2 Å². The summed E-state index contributed by atoms with van der Waals surface area (Å²) in [6, 6.07) is 7.08. The molecule has 12 nitrogen and oxygen atoms in total. The molecule has 1 aliphatic carbocycles. The standard InChI is InChI=1S/C25H26ClN9O3/c26-17-6-2-1-5-16(17)18(12-20(36)34-9-3-4-10-34)29-23-31-21-14(11-19-22(37)32-25(38)30-19)13-27-35(21)24(33-23)28-15-7-8-15/h1-2,5-6,11,13,15,18,37H,3-4,7-10,12H2,(H,28,29,33)(H2,30,32,38)/b14-11+. The lowest BCUT2D eigenvalue weighted by atomic mass is 10.0. The summed E-state index contributed by atoms with van der Waals surface area (Å²) in [4.78, 5) is 45.5. The largest absolute Gasteiger partial charge is 0.493 e. The molecule has 1 saturated heterocycles. The van der Waals surface area contributed by atoms with Crippen LogP contribution in [0.1, 0.15) is 49.4 Å². The Hall–Kier alpha value is -4.19. The second-order valence-electron chi connectivity index (χ2n) is 9.54. The molecule has 6 rings (SSSR count). The number of rotatable bonds is 7. The molecule has 2 aliphatic rings. The van der Waals surface area contributed by atoms with Crippen LogP contribution in [0.25, 0.3) is 11.7 Å². The molecule has 13 heteroatoms. The van der Waals surface area contributed by atoms with E-state index in [1.54, 1.807) is 18.3 Å². The number of likely N-dealkylation sites (tertiary alicyclic amines) is 1. The number of halogens is 1. The van der Waals surface area contributed by atoms with Crippen LogP contribution in [0, 0.1) is 0 Å². The highest BCUT2D eigenvalue weighted by molar-refractivity contribution is 6.31. The zero-order valence-electron chi connectivity index (χ0n) is 20.4. The van der Waals surface area contributed by atoms with Gasteiger partial charge in [0, 0.05) is 23.3 Å². The Labute approximate surface area is 221 Å². The van der Waals surface area contributed by atoms with Crippen molar-refractivity contribution in [3.8, 4) is 5.88 Å². The average molecular weight is 536 g/mol. The Balaban J connectivity index is 1.43. The maximum absolute atomic E-state index is 13.1. The first kappa shape index (κ1) is 24.2. The van der Waals surface area contributed by atoms with E-state index in [4.69, 9.17) is 21.6 Å². The molecule has 0 bridgehead atoms. The maximum Gasteiger partial charge on any atom is 0.326 e. The Morgan fingerprint density at radius 2 is 2.03 bits per heavy atom. The maximum atomic E-state index is 13.1. The normalized spacial score (nSPS) is 17.4. The van der Waals surface area contributed by atoms with E-state index in [-0.39, 0.29) is 35.9 Å². The van der Waals surface area contributed by atoms with Crippen LogP contribution in [-0.4, -0.2) is 64.6 Å². The predicted molar refractivity (Wildman–Crippen MR) is 139 cm³/mol. The minimum absolute atomic E-state index is 0.0363. The van der Waals surface area contributed by atoms with Crippen LogP contribution in [0.5, 0.6) is 5.88 Å². The number of hydrogen-bond donors (Lipinski definition) is 4. The molecule has 4 heterocycles. The van der Waals surface area contributed by atoms with Crippen LogP contribution in [0.15, 0.2) is 40.2 Å². The average Bonchev–Trinajstić information content (AvgIpc) is 3.25. The van der Waals surface area contributed by atoms with E-state index >= 15 is 0 Å². The molecule has 1 aliphatic heterocycles. The molecule has 38 heavy (non-hydrogen) atoms. The molecule has 0 spiro atoms. The zero-order valence-corrected chi connectivity index (χ0v) is 21.1. The zero-order chi connectivity index (χ0) is 26.2. The molecule has 1 unspecified atom stereocenters. The Kier molecular flexibility index (Phi) is 6.32. The monoisotopic (exact) mass is 535 g/mol. The van der Waals surface area contributed by atoms with E-state index in [9.17, 15) is 14.7 Å². The summed E-state index contributed by atoms with van der Waals surface area (Å²) < 4.78 is 1.52. The van der Waals surface area contributed by atoms with Gasteiger partial charge >= 0.3 is 5.69 Å². The fourth-order valence-corrected chi connectivity index (χ4v) is 4.83. The van der Waals surface area contributed by atoms with Gasteiger partial charge in [0.15, 0.2) is 5.65 Å². The minimum Gasteiger partial charge on any atom is -0.493 e. The lowest BCUT2D eigenvalue weighted by Gasteiger charge is -2.23. The van der Waals surface area contributed by atoms with E-state index in [2.05, 4.69) is 25.4 Å². The van der Waals surface area contributed by atoms with E-state index in [1.165, 1.54) is 4.52 Å². The number of carbonyl (C=O) groups excluding carboxylic acids is 1. The van der Waals surface area contributed by atoms with Crippen molar-refractivity contribution in [3.63, 3.8) is 0 Å².